The van der Waals surface area contributed by atoms with Crippen LogP contribution in [0.15, 0.2) is 138 Å². The fraction of sp³-hybridized carbons (Fsp3) is 0.220. The van der Waals surface area contributed by atoms with Gasteiger partial charge in [0.25, 0.3) is 0 Å². The van der Waals surface area contributed by atoms with Gasteiger partial charge < -0.3 is 14.9 Å². The van der Waals surface area contributed by atoms with Crippen LogP contribution in [0, 0.1) is 0 Å². The van der Waals surface area contributed by atoms with Crippen molar-refractivity contribution in [3.05, 3.63) is 161 Å². The van der Waals surface area contributed by atoms with E-state index >= 15 is 0 Å². The Morgan fingerprint density at radius 2 is 1.60 bits per heavy atom. The number of H-pyrrole nitrogens is 1. The average molecular weight is 617 g/mol. The quantitative estimate of drug-likeness (QED) is 0.155. The van der Waals surface area contributed by atoms with Crippen LogP contribution in [0.2, 0.25) is 0 Å². The molecule has 0 radical (unpaired) electrons. The van der Waals surface area contributed by atoms with Gasteiger partial charge in [-0.2, -0.15) is 0 Å². The summed E-state index contributed by atoms with van der Waals surface area (Å²) < 4.78 is 2.37. The van der Waals surface area contributed by atoms with Crippen molar-refractivity contribution >= 4 is 28.2 Å². The first kappa shape index (κ1) is 29.4. The highest BCUT2D eigenvalue weighted by molar-refractivity contribution is 5.84. The lowest BCUT2D eigenvalue weighted by molar-refractivity contribution is 0.188. The number of fused-ring (bicyclic) bond motifs is 3. The lowest BCUT2D eigenvalue weighted by Gasteiger charge is -2.34. The van der Waals surface area contributed by atoms with Gasteiger partial charge in [-0.15, -0.1) is 0 Å². The topological polar surface area (TPSA) is 61.2 Å². The molecule has 0 fully saturated rings. The number of dihydropyridines is 1. The molecule has 4 aromatic carbocycles. The summed E-state index contributed by atoms with van der Waals surface area (Å²) in [5.41, 5.74) is 9.97. The van der Waals surface area contributed by atoms with Crippen molar-refractivity contribution in [3.8, 4) is 0 Å². The van der Waals surface area contributed by atoms with Crippen LogP contribution in [0.4, 0.5) is 0 Å². The van der Waals surface area contributed by atoms with E-state index in [0.717, 1.165) is 62.4 Å². The van der Waals surface area contributed by atoms with Crippen molar-refractivity contribution in [3.63, 3.8) is 0 Å². The van der Waals surface area contributed by atoms with Gasteiger partial charge in [0, 0.05) is 55.5 Å². The summed E-state index contributed by atoms with van der Waals surface area (Å²) in [6.45, 7) is 4.15. The van der Waals surface area contributed by atoms with Gasteiger partial charge in [0.2, 0.25) is 0 Å². The molecule has 47 heavy (non-hydrogen) atoms. The summed E-state index contributed by atoms with van der Waals surface area (Å²) in [7, 11) is 0. The van der Waals surface area contributed by atoms with Crippen LogP contribution < -0.4 is 5.32 Å². The summed E-state index contributed by atoms with van der Waals surface area (Å²) in [5, 5.41) is 5.02. The van der Waals surface area contributed by atoms with Crippen molar-refractivity contribution in [1.82, 2.24) is 24.8 Å². The largest absolute Gasteiger partial charge is 0.343 e. The Morgan fingerprint density at radius 3 is 2.49 bits per heavy atom. The zero-order valence-electron chi connectivity index (χ0n) is 26.6. The van der Waals surface area contributed by atoms with Crippen molar-refractivity contribution in [1.29, 1.82) is 0 Å². The summed E-state index contributed by atoms with van der Waals surface area (Å²) >= 11 is 0. The van der Waals surface area contributed by atoms with Crippen molar-refractivity contribution in [2.24, 2.45) is 4.99 Å². The lowest BCUT2D eigenvalue weighted by atomic mass is 9.89. The number of aromatic amines is 1. The number of allylic oxidation sites excluding steroid dienone is 1. The Hall–Kier alpha value is -5.04. The molecule has 2 aromatic heterocycles. The van der Waals surface area contributed by atoms with E-state index in [9.17, 15) is 0 Å². The van der Waals surface area contributed by atoms with E-state index in [-0.39, 0.29) is 0 Å². The molecule has 2 unspecified atom stereocenters. The third kappa shape index (κ3) is 6.61. The molecule has 2 atom stereocenters. The van der Waals surface area contributed by atoms with Crippen LogP contribution in [0.5, 0.6) is 0 Å². The fourth-order valence-corrected chi connectivity index (χ4v) is 7.11. The van der Waals surface area contributed by atoms with Gasteiger partial charge in [-0.3, -0.25) is 9.89 Å². The highest BCUT2D eigenvalue weighted by Gasteiger charge is 2.27. The highest BCUT2D eigenvalue weighted by Crippen LogP contribution is 2.29. The fourth-order valence-electron chi connectivity index (χ4n) is 7.11. The SMILES string of the molecule is C1=CC2=CC(N(Cc3ccc(CNCc4cn(Cc5ccccc5)c5ccccc45)cc3)Cc3nc4ccccc4[nH]3)CCC2N=C1. The minimum Gasteiger partial charge on any atom is -0.343 e. The summed E-state index contributed by atoms with van der Waals surface area (Å²) in [6.07, 6.45) is 13.1. The second-order valence-corrected chi connectivity index (χ2v) is 12.8. The number of aliphatic imine (C=N–C) groups is 1. The molecule has 0 amide bonds. The molecule has 234 valence electrons. The predicted molar refractivity (Wildman–Crippen MR) is 192 cm³/mol. The van der Waals surface area contributed by atoms with E-state index in [2.05, 4.69) is 141 Å². The Bertz CT molecular complexity index is 2030. The van der Waals surface area contributed by atoms with Crippen LogP contribution in [-0.2, 0) is 32.7 Å². The number of benzene rings is 4. The van der Waals surface area contributed by atoms with Gasteiger partial charge in [0.15, 0.2) is 0 Å². The molecule has 1 aliphatic heterocycles. The Morgan fingerprint density at radius 1 is 0.787 bits per heavy atom. The van der Waals surface area contributed by atoms with Gasteiger partial charge in [-0.25, -0.2) is 4.98 Å². The number of rotatable bonds is 11. The minimum absolute atomic E-state index is 0.302. The molecular weight excluding hydrogens is 576 g/mol. The van der Waals surface area contributed by atoms with Gasteiger partial charge in [-0.1, -0.05) is 97.1 Å². The zero-order chi connectivity index (χ0) is 31.4. The van der Waals surface area contributed by atoms with Crippen LogP contribution in [0.3, 0.4) is 0 Å². The molecule has 0 spiro atoms. The van der Waals surface area contributed by atoms with E-state index in [0.29, 0.717) is 12.1 Å². The molecule has 6 nitrogen and oxygen atoms in total. The third-order valence-corrected chi connectivity index (χ3v) is 9.53. The maximum atomic E-state index is 4.92. The van der Waals surface area contributed by atoms with Gasteiger partial charge in [0.05, 0.1) is 23.6 Å². The molecule has 2 N–H and O–H groups in total. The second-order valence-electron chi connectivity index (χ2n) is 12.8. The number of nitrogens with zero attached hydrogens (tertiary/aromatic N) is 4. The summed E-state index contributed by atoms with van der Waals surface area (Å²) in [4.78, 5) is 15.7. The number of hydrogen-bond donors (Lipinski definition) is 2. The van der Waals surface area contributed by atoms with E-state index in [4.69, 9.17) is 9.98 Å². The van der Waals surface area contributed by atoms with Crippen LogP contribution in [0.1, 0.15) is 40.9 Å². The Kier molecular flexibility index (Phi) is 8.35. The maximum Gasteiger partial charge on any atom is 0.121 e. The smallest absolute Gasteiger partial charge is 0.121 e. The summed E-state index contributed by atoms with van der Waals surface area (Å²) in [6, 6.07) is 37.4. The van der Waals surface area contributed by atoms with Crippen LogP contribution >= 0.6 is 0 Å². The predicted octanol–water partition coefficient (Wildman–Crippen LogP) is 7.96. The Labute approximate surface area is 276 Å². The van der Waals surface area contributed by atoms with E-state index in [1.165, 1.54) is 38.7 Å². The number of nitrogens with one attached hydrogen (secondary N) is 2. The first-order valence-corrected chi connectivity index (χ1v) is 16.7. The average Bonchev–Trinajstić information content (AvgIpc) is 3.69. The molecule has 2 aliphatic rings. The standard InChI is InChI=1S/C41H40N6/c1-2-9-31(10-3-1)27-47-28-34(36-12-4-7-15-40(36)47)25-42-24-30-16-18-32(19-17-30)26-46(29-41-44-38-13-5-6-14-39(38)45-41)35-20-21-37-33(23-35)11-8-22-43-37/h1-19,22-23,28,35,37,42H,20-21,24-27,29H2,(H,44,45). The zero-order valence-corrected chi connectivity index (χ0v) is 26.6. The molecular formula is C41H40N6. The van der Waals surface area contributed by atoms with Crippen molar-refractivity contribution in [2.45, 2.75) is 57.6 Å². The number of aromatic nitrogens is 3. The highest BCUT2D eigenvalue weighted by atomic mass is 15.2. The molecule has 3 heterocycles. The molecule has 0 bridgehead atoms. The minimum atomic E-state index is 0.302. The van der Waals surface area contributed by atoms with Gasteiger partial charge >= 0.3 is 0 Å². The third-order valence-electron chi connectivity index (χ3n) is 9.53. The molecule has 0 saturated carbocycles. The van der Waals surface area contributed by atoms with Gasteiger partial charge in [0.1, 0.15) is 5.82 Å². The lowest BCUT2D eigenvalue weighted by Crippen LogP contribution is -2.37. The molecule has 1 aliphatic carbocycles. The molecule has 0 saturated heterocycles. The van der Waals surface area contributed by atoms with E-state index < -0.39 is 0 Å². The maximum absolute atomic E-state index is 4.92. The van der Waals surface area contributed by atoms with E-state index in [1.807, 2.05) is 12.3 Å². The van der Waals surface area contributed by atoms with E-state index in [1.54, 1.807) is 0 Å². The van der Waals surface area contributed by atoms with Crippen LogP contribution in [0.25, 0.3) is 21.9 Å². The van der Waals surface area contributed by atoms with Crippen LogP contribution in [-0.4, -0.2) is 37.7 Å². The Balaban J connectivity index is 0.949. The normalized spacial score (nSPS) is 17.4. The first-order valence-electron chi connectivity index (χ1n) is 16.7. The molecule has 6 aromatic rings. The molecule has 6 heteroatoms. The number of imidazole rings is 1. The second kappa shape index (κ2) is 13.4. The van der Waals surface area contributed by atoms with Gasteiger partial charge in [-0.05, 0) is 64.9 Å². The van der Waals surface area contributed by atoms with Crippen molar-refractivity contribution < 1.29 is 0 Å². The monoisotopic (exact) mass is 616 g/mol. The number of hydrogen-bond acceptors (Lipinski definition) is 4. The van der Waals surface area contributed by atoms with Crippen molar-refractivity contribution in [2.75, 3.05) is 0 Å². The summed E-state index contributed by atoms with van der Waals surface area (Å²) in [5.74, 6) is 1.01. The first-order chi connectivity index (χ1) is 23.2. The number of para-hydroxylation sites is 3. The molecule has 8 rings (SSSR count).